The zero-order valence-corrected chi connectivity index (χ0v) is 6.87. The Hall–Kier alpha value is -1.16. The van der Waals surface area contributed by atoms with E-state index in [-0.39, 0.29) is 12.2 Å². The maximum atomic E-state index is 12.2. The van der Waals surface area contributed by atoms with Crippen molar-refractivity contribution in [2.45, 2.75) is 12.8 Å². The molecule has 13 heavy (non-hydrogen) atoms. The van der Waals surface area contributed by atoms with Gasteiger partial charge in [-0.05, 0) is 24.1 Å². The van der Waals surface area contributed by atoms with Gasteiger partial charge in [0.25, 0.3) is 6.43 Å². The largest absolute Gasteiger partial charge is 0.507 e. The van der Waals surface area contributed by atoms with Crippen LogP contribution in [0.5, 0.6) is 5.75 Å². The molecule has 4 heteroatoms. The maximum absolute atomic E-state index is 12.2. The van der Waals surface area contributed by atoms with E-state index in [1.54, 1.807) is 0 Å². The summed E-state index contributed by atoms with van der Waals surface area (Å²) in [5.74, 6) is -0.406. The van der Waals surface area contributed by atoms with E-state index in [4.69, 9.17) is 10.2 Å². The van der Waals surface area contributed by atoms with Crippen LogP contribution in [0.2, 0.25) is 0 Å². The number of aromatic hydroxyl groups is 1. The van der Waals surface area contributed by atoms with Crippen LogP contribution in [0.3, 0.4) is 0 Å². The summed E-state index contributed by atoms with van der Waals surface area (Å²) in [5.41, 5.74) is 0.210. The zero-order chi connectivity index (χ0) is 9.84. The fourth-order valence-corrected chi connectivity index (χ4v) is 1.06. The van der Waals surface area contributed by atoms with Gasteiger partial charge in [-0.3, -0.25) is 0 Å². The number of phenolic OH excluding ortho intramolecular Hbond substituents is 1. The molecule has 1 aromatic rings. The Kier molecular flexibility index (Phi) is 3.19. The number of aliphatic hydroxyl groups is 1. The zero-order valence-electron chi connectivity index (χ0n) is 6.87. The third-order valence-electron chi connectivity index (χ3n) is 1.73. The molecule has 0 aliphatic rings. The first-order valence-corrected chi connectivity index (χ1v) is 3.86. The third-order valence-corrected chi connectivity index (χ3v) is 1.73. The van der Waals surface area contributed by atoms with Crippen LogP contribution >= 0.6 is 0 Å². The second kappa shape index (κ2) is 4.18. The van der Waals surface area contributed by atoms with Crippen molar-refractivity contribution in [2.75, 3.05) is 6.61 Å². The summed E-state index contributed by atoms with van der Waals surface area (Å²) in [6.45, 7) is -0.0898. The molecule has 2 nitrogen and oxygen atoms in total. The van der Waals surface area contributed by atoms with Crippen LogP contribution in [0.4, 0.5) is 8.78 Å². The molecule has 0 fully saturated rings. The molecule has 0 amide bonds. The van der Waals surface area contributed by atoms with Gasteiger partial charge in [-0.2, -0.15) is 0 Å². The molecule has 1 rings (SSSR count). The summed E-state index contributed by atoms with van der Waals surface area (Å²) < 4.78 is 24.5. The Balaban J connectivity index is 2.97. The molecule has 0 saturated heterocycles. The average Bonchev–Trinajstić information content (AvgIpc) is 2.08. The molecule has 0 unspecified atom stereocenters. The highest BCUT2D eigenvalue weighted by Gasteiger charge is 2.12. The van der Waals surface area contributed by atoms with E-state index >= 15 is 0 Å². The van der Waals surface area contributed by atoms with E-state index in [1.165, 1.54) is 18.2 Å². The Bertz CT molecular complexity index is 287. The molecular formula is C9H10F2O2. The molecule has 0 atom stereocenters. The predicted octanol–water partition coefficient (Wildman–Crippen LogP) is 1.86. The second-order valence-electron chi connectivity index (χ2n) is 2.67. The van der Waals surface area contributed by atoms with Crippen LogP contribution < -0.4 is 0 Å². The SMILES string of the molecule is OCCc1ccc(O)c(C(F)F)c1. The van der Waals surface area contributed by atoms with Gasteiger partial charge >= 0.3 is 0 Å². The van der Waals surface area contributed by atoms with E-state index in [1.807, 2.05) is 0 Å². The molecular weight excluding hydrogens is 178 g/mol. The van der Waals surface area contributed by atoms with Crippen molar-refractivity contribution < 1.29 is 19.0 Å². The van der Waals surface area contributed by atoms with Crippen LogP contribution in [0.1, 0.15) is 17.6 Å². The quantitative estimate of drug-likeness (QED) is 0.760. The second-order valence-corrected chi connectivity index (χ2v) is 2.67. The number of rotatable bonds is 3. The molecule has 0 bridgehead atoms. The molecule has 0 heterocycles. The molecule has 0 saturated carbocycles. The minimum absolute atomic E-state index is 0.0898. The van der Waals surface area contributed by atoms with Gasteiger partial charge in [0.1, 0.15) is 5.75 Å². The minimum atomic E-state index is -2.68. The normalized spacial score (nSPS) is 10.8. The van der Waals surface area contributed by atoms with Gasteiger partial charge in [-0.25, -0.2) is 8.78 Å². The number of phenols is 1. The van der Waals surface area contributed by atoms with Crippen molar-refractivity contribution in [3.8, 4) is 5.75 Å². The Morgan fingerprint density at radius 3 is 2.54 bits per heavy atom. The Morgan fingerprint density at radius 1 is 1.31 bits per heavy atom. The number of halogens is 2. The first kappa shape index (κ1) is 9.92. The lowest BCUT2D eigenvalue weighted by atomic mass is 10.1. The lowest BCUT2D eigenvalue weighted by molar-refractivity contribution is 0.147. The molecule has 0 aromatic heterocycles. The van der Waals surface area contributed by atoms with Crippen molar-refractivity contribution >= 4 is 0 Å². The van der Waals surface area contributed by atoms with Gasteiger partial charge < -0.3 is 10.2 Å². The van der Waals surface area contributed by atoms with Crippen molar-refractivity contribution in [1.29, 1.82) is 0 Å². The van der Waals surface area contributed by atoms with Gasteiger partial charge in [-0.1, -0.05) is 6.07 Å². The number of hydrogen-bond donors (Lipinski definition) is 2. The molecule has 1 aromatic carbocycles. The van der Waals surface area contributed by atoms with Gasteiger partial charge in [0.2, 0.25) is 0 Å². The first-order valence-electron chi connectivity index (χ1n) is 3.86. The van der Waals surface area contributed by atoms with Gasteiger partial charge in [0.05, 0.1) is 5.56 Å². The number of aliphatic hydroxyl groups excluding tert-OH is 1. The monoisotopic (exact) mass is 188 g/mol. The van der Waals surface area contributed by atoms with Crippen LogP contribution in [0, 0.1) is 0 Å². The van der Waals surface area contributed by atoms with Gasteiger partial charge in [-0.15, -0.1) is 0 Å². The predicted molar refractivity (Wildman–Crippen MR) is 43.9 cm³/mol. The molecule has 0 aliphatic heterocycles. The topological polar surface area (TPSA) is 40.5 Å². The molecule has 2 N–H and O–H groups in total. The van der Waals surface area contributed by atoms with Gasteiger partial charge in [0, 0.05) is 6.61 Å². The van der Waals surface area contributed by atoms with Gasteiger partial charge in [0.15, 0.2) is 0 Å². The molecule has 0 aliphatic carbocycles. The fourth-order valence-electron chi connectivity index (χ4n) is 1.06. The summed E-state index contributed by atoms with van der Waals surface area (Å²) in [4.78, 5) is 0. The standard InChI is InChI=1S/C9H10F2O2/c10-9(11)7-5-6(3-4-12)1-2-8(7)13/h1-2,5,9,12-13H,3-4H2. The van der Waals surface area contributed by atoms with E-state index in [9.17, 15) is 8.78 Å². The number of alkyl halides is 2. The third kappa shape index (κ3) is 2.39. The summed E-state index contributed by atoms with van der Waals surface area (Å²) in [7, 11) is 0. The van der Waals surface area contributed by atoms with E-state index in [0.717, 1.165) is 0 Å². The minimum Gasteiger partial charge on any atom is -0.507 e. The van der Waals surface area contributed by atoms with Crippen LogP contribution in [-0.2, 0) is 6.42 Å². The van der Waals surface area contributed by atoms with E-state index in [0.29, 0.717) is 12.0 Å². The Labute approximate surface area is 74.4 Å². The van der Waals surface area contributed by atoms with Crippen LogP contribution in [-0.4, -0.2) is 16.8 Å². The smallest absolute Gasteiger partial charge is 0.267 e. The van der Waals surface area contributed by atoms with Crippen molar-refractivity contribution in [3.63, 3.8) is 0 Å². The van der Waals surface area contributed by atoms with Crippen molar-refractivity contribution in [1.82, 2.24) is 0 Å². The highest BCUT2D eigenvalue weighted by molar-refractivity contribution is 5.37. The summed E-state index contributed by atoms with van der Waals surface area (Å²) in [6.07, 6.45) is -2.36. The molecule has 72 valence electrons. The average molecular weight is 188 g/mol. The first-order chi connectivity index (χ1) is 6.15. The lowest BCUT2D eigenvalue weighted by Gasteiger charge is -2.05. The molecule has 0 spiro atoms. The number of benzene rings is 1. The lowest BCUT2D eigenvalue weighted by Crippen LogP contribution is -1.93. The van der Waals surface area contributed by atoms with E-state index < -0.39 is 12.2 Å². The summed E-state index contributed by atoms with van der Waals surface area (Å²) in [6, 6.07) is 3.93. The molecule has 0 radical (unpaired) electrons. The number of hydrogen-bond acceptors (Lipinski definition) is 2. The maximum Gasteiger partial charge on any atom is 0.267 e. The summed E-state index contributed by atoms with van der Waals surface area (Å²) in [5, 5.41) is 17.6. The highest BCUT2D eigenvalue weighted by Crippen LogP contribution is 2.28. The van der Waals surface area contributed by atoms with Crippen LogP contribution in [0.25, 0.3) is 0 Å². The van der Waals surface area contributed by atoms with Crippen molar-refractivity contribution in [3.05, 3.63) is 29.3 Å². The Morgan fingerprint density at radius 2 is 2.00 bits per heavy atom. The van der Waals surface area contributed by atoms with Crippen molar-refractivity contribution in [2.24, 2.45) is 0 Å². The van der Waals surface area contributed by atoms with E-state index in [2.05, 4.69) is 0 Å². The highest BCUT2D eigenvalue weighted by atomic mass is 19.3. The van der Waals surface area contributed by atoms with Crippen LogP contribution in [0.15, 0.2) is 18.2 Å². The summed E-state index contributed by atoms with van der Waals surface area (Å²) >= 11 is 0. The fraction of sp³-hybridized carbons (Fsp3) is 0.333.